The standard InChI is InChI=1S/C17H19N3S/c1-11-6-8-12(9-7-11)16-14(10-18)20-13-4-2-3-5-15(13)21-17(20)19-16/h6-9H,2-5,10,18H2,1H3. The van der Waals surface area contributed by atoms with E-state index in [1.54, 1.807) is 0 Å². The highest BCUT2D eigenvalue weighted by molar-refractivity contribution is 7.17. The number of aryl methyl sites for hydroxylation is 3. The third-order valence-corrected chi connectivity index (χ3v) is 5.48. The molecule has 4 heteroatoms. The highest BCUT2D eigenvalue weighted by Crippen LogP contribution is 2.34. The first-order valence-corrected chi connectivity index (χ1v) is 8.38. The lowest BCUT2D eigenvalue weighted by molar-refractivity contribution is 0.670. The van der Waals surface area contributed by atoms with Crippen LogP contribution >= 0.6 is 11.3 Å². The minimum Gasteiger partial charge on any atom is -0.325 e. The summed E-state index contributed by atoms with van der Waals surface area (Å²) >= 11 is 1.84. The van der Waals surface area contributed by atoms with Crippen molar-refractivity contribution in [3.63, 3.8) is 0 Å². The maximum Gasteiger partial charge on any atom is 0.194 e. The molecule has 0 saturated carbocycles. The first-order valence-electron chi connectivity index (χ1n) is 7.57. The second-order valence-electron chi connectivity index (χ2n) is 5.77. The van der Waals surface area contributed by atoms with Crippen LogP contribution in [0.2, 0.25) is 0 Å². The van der Waals surface area contributed by atoms with Crippen molar-refractivity contribution in [2.45, 2.75) is 39.2 Å². The summed E-state index contributed by atoms with van der Waals surface area (Å²) in [5, 5.41) is 0. The summed E-state index contributed by atoms with van der Waals surface area (Å²) in [7, 11) is 0. The van der Waals surface area contributed by atoms with E-state index < -0.39 is 0 Å². The van der Waals surface area contributed by atoms with Crippen LogP contribution in [0.4, 0.5) is 0 Å². The number of fused-ring (bicyclic) bond motifs is 3. The predicted octanol–water partition coefficient (Wildman–Crippen LogP) is 3.71. The minimum atomic E-state index is 0.535. The van der Waals surface area contributed by atoms with Gasteiger partial charge in [0.15, 0.2) is 4.96 Å². The highest BCUT2D eigenvalue weighted by atomic mass is 32.1. The number of imidazole rings is 1. The van der Waals surface area contributed by atoms with E-state index in [9.17, 15) is 0 Å². The van der Waals surface area contributed by atoms with Crippen molar-refractivity contribution in [1.82, 2.24) is 9.38 Å². The molecule has 0 aliphatic heterocycles. The molecule has 3 aromatic rings. The van der Waals surface area contributed by atoms with Gasteiger partial charge < -0.3 is 5.73 Å². The van der Waals surface area contributed by atoms with E-state index in [-0.39, 0.29) is 0 Å². The topological polar surface area (TPSA) is 43.3 Å². The third kappa shape index (κ3) is 2.01. The summed E-state index contributed by atoms with van der Waals surface area (Å²) in [6.07, 6.45) is 4.94. The Bertz CT molecular complexity index is 796. The van der Waals surface area contributed by atoms with Crippen molar-refractivity contribution in [1.29, 1.82) is 0 Å². The van der Waals surface area contributed by atoms with Crippen LogP contribution in [0, 0.1) is 6.92 Å². The summed E-state index contributed by atoms with van der Waals surface area (Å²) in [4.78, 5) is 7.51. The zero-order chi connectivity index (χ0) is 14.4. The third-order valence-electron chi connectivity index (χ3n) is 4.33. The number of aromatic nitrogens is 2. The van der Waals surface area contributed by atoms with Gasteiger partial charge in [0.1, 0.15) is 0 Å². The first-order chi connectivity index (χ1) is 10.3. The molecule has 4 rings (SSSR count). The van der Waals surface area contributed by atoms with Gasteiger partial charge in [0, 0.05) is 22.7 Å². The fraction of sp³-hybridized carbons (Fsp3) is 0.353. The molecule has 1 aliphatic rings. The van der Waals surface area contributed by atoms with Crippen LogP contribution in [-0.4, -0.2) is 9.38 Å². The molecule has 2 heterocycles. The Labute approximate surface area is 128 Å². The molecule has 1 aliphatic carbocycles. The van der Waals surface area contributed by atoms with Crippen molar-refractivity contribution in [3.8, 4) is 11.3 Å². The van der Waals surface area contributed by atoms with E-state index >= 15 is 0 Å². The Balaban J connectivity index is 1.94. The molecule has 2 aromatic heterocycles. The average molecular weight is 297 g/mol. The number of nitrogens with zero attached hydrogens (tertiary/aromatic N) is 2. The zero-order valence-corrected chi connectivity index (χ0v) is 13.0. The van der Waals surface area contributed by atoms with Crippen LogP contribution < -0.4 is 5.73 Å². The lowest BCUT2D eigenvalue weighted by atomic mass is 10.0. The Morgan fingerprint density at radius 2 is 1.95 bits per heavy atom. The Hall–Kier alpha value is -1.65. The molecule has 0 spiro atoms. The van der Waals surface area contributed by atoms with Gasteiger partial charge in [-0.2, -0.15) is 0 Å². The van der Waals surface area contributed by atoms with E-state index in [0.717, 1.165) is 22.8 Å². The maximum atomic E-state index is 6.06. The molecule has 1 aromatic carbocycles. The number of benzene rings is 1. The van der Waals surface area contributed by atoms with Crippen molar-refractivity contribution in [2.24, 2.45) is 5.73 Å². The monoisotopic (exact) mass is 297 g/mol. The van der Waals surface area contributed by atoms with Crippen molar-refractivity contribution in [2.75, 3.05) is 0 Å². The van der Waals surface area contributed by atoms with Crippen LogP contribution in [0.25, 0.3) is 16.2 Å². The number of thiazole rings is 1. The summed E-state index contributed by atoms with van der Waals surface area (Å²) in [5.41, 5.74) is 12.2. The van der Waals surface area contributed by atoms with E-state index in [1.807, 2.05) is 11.3 Å². The quantitative estimate of drug-likeness (QED) is 0.783. The molecule has 2 N–H and O–H groups in total. The first kappa shape index (κ1) is 13.0. The second kappa shape index (κ2) is 4.97. The smallest absolute Gasteiger partial charge is 0.194 e. The molecular weight excluding hydrogens is 278 g/mol. The molecule has 0 bridgehead atoms. The molecule has 0 unspecified atom stereocenters. The van der Waals surface area contributed by atoms with Crippen LogP contribution in [0.5, 0.6) is 0 Å². The largest absolute Gasteiger partial charge is 0.325 e. The van der Waals surface area contributed by atoms with E-state index in [4.69, 9.17) is 10.7 Å². The lowest BCUT2D eigenvalue weighted by Crippen LogP contribution is -2.08. The van der Waals surface area contributed by atoms with Gasteiger partial charge in [0.25, 0.3) is 0 Å². The van der Waals surface area contributed by atoms with Crippen LogP contribution in [0.3, 0.4) is 0 Å². The predicted molar refractivity (Wildman–Crippen MR) is 87.8 cm³/mol. The molecule has 21 heavy (non-hydrogen) atoms. The fourth-order valence-electron chi connectivity index (χ4n) is 3.23. The van der Waals surface area contributed by atoms with Gasteiger partial charge in [-0.05, 0) is 32.6 Å². The van der Waals surface area contributed by atoms with Crippen LogP contribution in [0.1, 0.15) is 34.7 Å². The van der Waals surface area contributed by atoms with Crippen molar-refractivity contribution in [3.05, 3.63) is 46.1 Å². The van der Waals surface area contributed by atoms with Crippen LogP contribution in [-0.2, 0) is 19.4 Å². The molecule has 0 atom stereocenters. The number of hydrogen-bond acceptors (Lipinski definition) is 3. The average Bonchev–Trinajstić information content (AvgIpc) is 3.03. The van der Waals surface area contributed by atoms with Crippen molar-refractivity contribution < 1.29 is 0 Å². The molecule has 0 saturated heterocycles. The lowest BCUT2D eigenvalue weighted by Gasteiger charge is -2.12. The zero-order valence-electron chi connectivity index (χ0n) is 12.2. The number of hydrogen-bond donors (Lipinski definition) is 1. The van der Waals surface area contributed by atoms with Gasteiger partial charge in [-0.15, -0.1) is 11.3 Å². The molecular formula is C17H19N3S. The number of nitrogens with two attached hydrogens (primary N) is 1. The molecule has 3 nitrogen and oxygen atoms in total. The summed E-state index contributed by atoms with van der Waals surface area (Å²) < 4.78 is 2.33. The summed E-state index contributed by atoms with van der Waals surface area (Å²) in [5.74, 6) is 0. The normalized spacial score (nSPS) is 14.6. The van der Waals surface area contributed by atoms with Gasteiger partial charge in [-0.3, -0.25) is 4.40 Å². The van der Waals surface area contributed by atoms with Crippen LogP contribution in [0.15, 0.2) is 24.3 Å². The Morgan fingerprint density at radius 3 is 2.71 bits per heavy atom. The molecule has 0 radical (unpaired) electrons. The highest BCUT2D eigenvalue weighted by Gasteiger charge is 2.22. The van der Waals surface area contributed by atoms with Crippen molar-refractivity contribution >= 4 is 16.3 Å². The van der Waals surface area contributed by atoms with Gasteiger partial charge >= 0.3 is 0 Å². The molecule has 108 valence electrons. The Kier molecular flexibility index (Phi) is 3.08. The van der Waals surface area contributed by atoms with E-state index in [2.05, 4.69) is 35.6 Å². The van der Waals surface area contributed by atoms with E-state index in [1.165, 1.54) is 41.0 Å². The summed E-state index contributed by atoms with van der Waals surface area (Å²) in [6, 6.07) is 8.57. The van der Waals surface area contributed by atoms with Gasteiger partial charge in [-0.25, -0.2) is 4.98 Å². The fourth-order valence-corrected chi connectivity index (χ4v) is 4.45. The van der Waals surface area contributed by atoms with Gasteiger partial charge in [-0.1, -0.05) is 29.8 Å². The molecule has 0 amide bonds. The SMILES string of the molecule is Cc1ccc(-c2nc3sc4c(n3c2CN)CCCC4)cc1. The summed E-state index contributed by atoms with van der Waals surface area (Å²) in [6.45, 7) is 2.64. The molecule has 0 fully saturated rings. The Morgan fingerprint density at radius 1 is 1.19 bits per heavy atom. The number of rotatable bonds is 2. The van der Waals surface area contributed by atoms with Gasteiger partial charge in [0.2, 0.25) is 0 Å². The van der Waals surface area contributed by atoms with E-state index in [0.29, 0.717) is 6.54 Å². The second-order valence-corrected chi connectivity index (χ2v) is 6.84. The minimum absolute atomic E-state index is 0.535. The van der Waals surface area contributed by atoms with Gasteiger partial charge in [0.05, 0.1) is 11.4 Å². The maximum absolute atomic E-state index is 6.06.